The average Bonchev–Trinajstić information content (AvgIpc) is 2.51. The molecule has 0 saturated heterocycles. The van der Waals surface area contributed by atoms with Gasteiger partial charge in [-0.2, -0.15) is 0 Å². The standard InChI is InChI=1S/C14H17ClN2O5/c1-16-12(18)7-17(2)13(19)8-22-14(20)10-6-9(15)4-5-11(10)21-3/h4-6H,7-8H2,1-3H3,(H,16,18). The molecule has 0 aliphatic rings. The highest BCUT2D eigenvalue weighted by molar-refractivity contribution is 6.31. The third-order valence-corrected chi connectivity index (χ3v) is 3.03. The van der Waals surface area contributed by atoms with Crippen LogP contribution in [0.25, 0.3) is 0 Å². The minimum absolute atomic E-state index is 0.118. The number of nitrogens with zero attached hydrogens (tertiary/aromatic N) is 1. The minimum atomic E-state index is -0.735. The van der Waals surface area contributed by atoms with Gasteiger partial charge >= 0.3 is 5.97 Å². The van der Waals surface area contributed by atoms with Crippen LogP contribution >= 0.6 is 11.6 Å². The van der Waals surface area contributed by atoms with Crippen LogP contribution in [0.15, 0.2) is 18.2 Å². The van der Waals surface area contributed by atoms with E-state index in [1.54, 1.807) is 6.07 Å². The Morgan fingerprint density at radius 1 is 1.32 bits per heavy atom. The second-order valence-corrected chi connectivity index (χ2v) is 4.78. The molecule has 0 atom stereocenters. The van der Waals surface area contributed by atoms with Gasteiger partial charge in [-0.1, -0.05) is 11.6 Å². The van der Waals surface area contributed by atoms with Gasteiger partial charge in [0.15, 0.2) is 6.61 Å². The smallest absolute Gasteiger partial charge is 0.342 e. The van der Waals surface area contributed by atoms with Gasteiger partial charge in [-0.25, -0.2) is 4.79 Å². The van der Waals surface area contributed by atoms with E-state index in [2.05, 4.69) is 5.32 Å². The number of rotatable bonds is 6. The van der Waals surface area contributed by atoms with E-state index >= 15 is 0 Å². The molecule has 0 bridgehead atoms. The zero-order valence-electron chi connectivity index (χ0n) is 12.5. The molecule has 0 radical (unpaired) electrons. The van der Waals surface area contributed by atoms with Crippen molar-refractivity contribution < 1.29 is 23.9 Å². The third kappa shape index (κ3) is 4.92. The molecule has 0 aromatic heterocycles. The predicted octanol–water partition coefficient (Wildman–Crippen LogP) is 0.710. The number of hydrogen-bond donors (Lipinski definition) is 1. The quantitative estimate of drug-likeness (QED) is 0.777. The first kappa shape index (κ1) is 17.8. The highest BCUT2D eigenvalue weighted by Gasteiger charge is 2.18. The predicted molar refractivity (Wildman–Crippen MR) is 80.0 cm³/mol. The molecule has 0 unspecified atom stereocenters. The summed E-state index contributed by atoms with van der Waals surface area (Å²) in [7, 11) is 4.31. The van der Waals surface area contributed by atoms with Gasteiger partial charge in [-0.3, -0.25) is 9.59 Å². The molecule has 1 rings (SSSR count). The van der Waals surface area contributed by atoms with Gasteiger partial charge in [0.25, 0.3) is 5.91 Å². The lowest BCUT2D eigenvalue weighted by molar-refractivity contribution is -0.137. The van der Waals surface area contributed by atoms with Gasteiger partial charge in [0.2, 0.25) is 5.91 Å². The maximum atomic E-state index is 12.0. The highest BCUT2D eigenvalue weighted by Crippen LogP contribution is 2.23. The van der Waals surface area contributed by atoms with E-state index in [1.165, 1.54) is 33.3 Å². The summed E-state index contributed by atoms with van der Waals surface area (Å²) >= 11 is 5.82. The van der Waals surface area contributed by atoms with Crippen LogP contribution in [-0.4, -0.2) is 57.0 Å². The lowest BCUT2D eigenvalue weighted by Gasteiger charge is -2.16. The van der Waals surface area contributed by atoms with E-state index in [0.717, 1.165) is 4.90 Å². The van der Waals surface area contributed by atoms with Crippen molar-refractivity contribution in [3.8, 4) is 5.75 Å². The Hall–Kier alpha value is -2.28. The van der Waals surface area contributed by atoms with Crippen molar-refractivity contribution in [3.63, 3.8) is 0 Å². The first-order chi connectivity index (χ1) is 10.4. The van der Waals surface area contributed by atoms with Crippen molar-refractivity contribution in [1.82, 2.24) is 10.2 Å². The number of carbonyl (C=O) groups excluding carboxylic acids is 3. The molecule has 8 heteroatoms. The number of hydrogen-bond acceptors (Lipinski definition) is 5. The second-order valence-electron chi connectivity index (χ2n) is 4.34. The van der Waals surface area contributed by atoms with Crippen molar-refractivity contribution in [2.24, 2.45) is 0 Å². The number of nitrogens with one attached hydrogen (secondary N) is 1. The summed E-state index contributed by atoms with van der Waals surface area (Å²) in [5, 5.41) is 2.73. The Morgan fingerprint density at radius 2 is 2.00 bits per heavy atom. The van der Waals surface area contributed by atoms with Crippen LogP contribution < -0.4 is 10.1 Å². The Labute approximate surface area is 133 Å². The van der Waals surface area contributed by atoms with Crippen molar-refractivity contribution in [3.05, 3.63) is 28.8 Å². The fourth-order valence-electron chi connectivity index (χ4n) is 1.54. The van der Waals surface area contributed by atoms with E-state index in [4.69, 9.17) is 21.1 Å². The summed E-state index contributed by atoms with van der Waals surface area (Å²) in [6.07, 6.45) is 0. The lowest BCUT2D eigenvalue weighted by Crippen LogP contribution is -2.39. The van der Waals surface area contributed by atoms with Gasteiger partial charge in [0.05, 0.1) is 13.7 Å². The summed E-state index contributed by atoms with van der Waals surface area (Å²) in [5.74, 6) is -1.27. The van der Waals surface area contributed by atoms with Crippen molar-refractivity contribution in [2.75, 3.05) is 34.4 Å². The molecule has 0 saturated carbocycles. The van der Waals surface area contributed by atoms with Crippen LogP contribution in [0.2, 0.25) is 5.02 Å². The Bertz CT molecular complexity index is 576. The molecular weight excluding hydrogens is 312 g/mol. The highest BCUT2D eigenvalue weighted by atomic mass is 35.5. The summed E-state index contributed by atoms with van der Waals surface area (Å²) in [5.41, 5.74) is 0.122. The van der Waals surface area contributed by atoms with Crippen molar-refractivity contribution in [1.29, 1.82) is 0 Å². The largest absolute Gasteiger partial charge is 0.496 e. The number of ether oxygens (including phenoxy) is 2. The zero-order chi connectivity index (χ0) is 16.7. The molecule has 7 nitrogen and oxygen atoms in total. The SMILES string of the molecule is CNC(=O)CN(C)C(=O)COC(=O)c1cc(Cl)ccc1OC. The van der Waals surface area contributed by atoms with E-state index in [0.29, 0.717) is 10.8 Å². The number of carbonyl (C=O) groups is 3. The number of halogens is 1. The van der Waals surface area contributed by atoms with E-state index in [-0.39, 0.29) is 18.0 Å². The fourth-order valence-corrected chi connectivity index (χ4v) is 1.71. The van der Waals surface area contributed by atoms with Crippen LogP contribution in [0.4, 0.5) is 0 Å². The van der Waals surface area contributed by atoms with Gasteiger partial charge in [0, 0.05) is 19.1 Å². The van der Waals surface area contributed by atoms with Crippen molar-refractivity contribution in [2.45, 2.75) is 0 Å². The second kappa shape index (κ2) is 8.23. The number of methoxy groups -OCH3 is 1. The van der Waals surface area contributed by atoms with Crippen LogP contribution in [0.1, 0.15) is 10.4 Å². The molecule has 1 aromatic rings. The van der Waals surface area contributed by atoms with Gasteiger partial charge in [-0.05, 0) is 18.2 Å². The average molecular weight is 329 g/mol. The third-order valence-electron chi connectivity index (χ3n) is 2.79. The first-order valence-electron chi connectivity index (χ1n) is 6.34. The zero-order valence-corrected chi connectivity index (χ0v) is 13.3. The molecule has 2 amide bonds. The summed E-state index contributed by atoms with van der Waals surface area (Å²) in [4.78, 5) is 36.1. The maximum Gasteiger partial charge on any atom is 0.342 e. The number of benzene rings is 1. The van der Waals surface area contributed by atoms with E-state index < -0.39 is 18.5 Å². The van der Waals surface area contributed by atoms with E-state index in [9.17, 15) is 14.4 Å². The lowest BCUT2D eigenvalue weighted by atomic mass is 10.2. The Balaban J connectivity index is 2.64. The van der Waals surface area contributed by atoms with Gasteiger partial charge in [-0.15, -0.1) is 0 Å². The molecule has 0 heterocycles. The summed E-state index contributed by atoms with van der Waals surface area (Å²) in [6.45, 7) is -0.602. The van der Waals surface area contributed by atoms with Crippen molar-refractivity contribution >= 4 is 29.4 Å². The number of likely N-dealkylation sites (N-methyl/N-ethyl adjacent to an activating group) is 2. The molecule has 1 aromatic carbocycles. The molecule has 0 fully saturated rings. The van der Waals surface area contributed by atoms with Gasteiger partial charge < -0.3 is 19.7 Å². The minimum Gasteiger partial charge on any atom is -0.496 e. The monoisotopic (exact) mass is 328 g/mol. The van der Waals surface area contributed by atoms with Crippen LogP contribution in [0, 0.1) is 0 Å². The maximum absolute atomic E-state index is 12.0. The Morgan fingerprint density at radius 3 is 2.59 bits per heavy atom. The van der Waals surface area contributed by atoms with Gasteiger partial charge in [0.1, 0.15) is 11.3 Å². The molecule has 22 heavy (non-hydrogen) atoms. The molecule has 0 aliphatic heterocycles. The topological polar surface area (TPSA) is 84.9 Å². The van der Waals surface area contributed by atoms with E-state index in [1.807, 2.05) is 0 Å². The fraction of sp³-hybridized carbons (Fsp3) is 0.357. The summed E-state index contributed by atoms with van der Waals surface area (Å²) in [6, 6.07) is 4.49. The Kier molecular flexibility index (Phi) is 6.65. The molecular formula is C14H17ClN2O5. The van der Waals surface area contributed by atoms with Crippen LogP contribution in [0.5, 0.6) is 5.75 Å². The molecule has 120 valence electrons. The molecule has 0 aliphatic carbocycles. The molecule has 1 N–H and O–H groups in total. The van der Waals surface area contributed by atoms with Crippen LogP contribution in [-0.2, 0) is 14.3 Å². The first-order valence-corrected chi connectivity index (χ1v) is 6.72. The normalized spacial score (nSPS) is 9.82. The number of esters is 1. The summed E-state index contributed by atoms with van der Waals surface area (Å²) < 4.78 is 9.96. The number of amides is 2. The van der Waals surface area contributed by atoms with Crippen LogP contribution in [0.3, 0.4) is 0 Å². The molecule has 0 spiro atoms.